The number of aliphatic imine (C=N–C) groups is 1. The van der Waals surface area contributed by atoms with Crippen LogP contribution in [0.4, 0.5) is 0 Å². The van der Waals surface area contributed by atoms with Crippen molar-refractivity contribution in [1.82, 2.24) is 20.5 Å². The lowest BCUT2D eigenvalue weighted by atomic mass is 10.0. The molecule has 28 heavy (non-hydrogen) atoms. The van der Waals surface area contributed by atoms with E-state index in [2.05, 4.69) is 57.8 Å². The predicted molar refractivity (Wildman–Crippen MR) is 113 cm³/mol. The molecule has 6 heteroatoms. The van der Waals surface area contributed by atoms with Gasteiger partial charge in [-0.15, -0.1) is 0 Å². The van der Waals surface area contributed by atoms with Gasteiger partial charge < -0.3 is 15.4 Å². The second-order valence-corrected chi connectivity index (χ2v) is 7.05. The second kappa shape index (κ2) is 10.7. The Kier molecular flexibility index (Phi) is 7.67. The number of benzene rings is 1. The molecule has 0 radical (unpaired) electrons. The molecular formula is C22H31N5O. The normalized spacial score (nSPS) is 16.0. The van der Waals surface area contributed by atoms with Crippen LogP contribution in [-0.2, 0) is 13.1 Å². The largest absolute Gasteiger partial charge is 0.481 e. The van der Waals surface area contributed by atoms with E-state index in [4.69, 9.17) is 9.73 Å². The Labute approximate surface area is 168 Å². The van der Waals surface area contributed by atoms with Crippen molar-refractivity contribution in [2.45, 2.75) is 38.9 Å². The Hall–Kier alpha value is -2.60. The maximum atomic E-state index is 5.19. The third-order valence-electron chi connectivity index (χ3n) is 4.91. The summed E-state index contributed by atoms with van der Waals surface area (Å²) in [5.41, 5.74) is 2.28. The smallest absolute Gasteiger partial charge is 0.213 e. The molecule has 0 saturated carbocycles. The van der Waals surface area contributed by atoms with Gasteiger partial charge in [0.2, 0.25) is 5.88 Å². The van der Waals surface area contributed by atoms with Crippen molar-refractivity contribution in [3.63, 3.8) is 0 Å². The zero-order chi connectivity index (χ0) is 19.6. The third kappa shape index (κ3) is 6.23. The SMILES string of the molecule is CCNC(=NCc1cccc(OC)n1)NC1CCN(Cc2ccccc2)CC1. The molecule has 0 unspecified atom stereocenters. The van der Waals surface area contributed by atoms with Gasteiger partial charge in [0, 0.05) is 38.3 Å². The summed E-state index contributed by atoms with van der Waals surface area (Å²) in [6.45, 7) is 6.68. The fraction of sp³-hybridized carbons (Fsp3) is 0.455. The van der Waals surface area contributed by atoms with Gasteiger partial charge in [-0.25, -0.2) is 9.98 Å². The van der Waals surface area contributed by atoms with Gasteiger partial charge >= 0.3 is 0 Å². The first-order chi connectivity index (χ1) is 13.8. The maximum Gasteiger partial charge on any atom is 0.213 e. The zero-order valence-corrected chi connectivity index (χ0v) is 16.9. The number of pyridine rings is 1. The third-order valence-corrected chi connectivity index (χ3v) is 4.91. The first kappa shape index (κ1) is 20.1. The van der Waals surface area contributed by atoms with Crippen molar-refractivity contribution in [3.05, 3.63) is 59.8 Å². The predicted octanol–water partition coefficient (Wildman–Crippen LogP) is 2.81. The molecule has 1 aromatic heterocycles. The van der Waals surface area contributed by atoms with Crippen molar-refractivity contribution in [1.29, 1.82) is 0 Å². The molecule has 0 spiro atoms. The number of likely N-dealkylation sites (tertiary alicyclic amines) is 1. The summed E-state index contributed by atoms with van der Waals surface area (Å²) in [5, 5.41) is 6.94. The molecule has 0 bridgehead atoms. The van der Waals surface area contributed by atoms with Crippen LogP contribution in [0.2, 0.25) is 0 Å². The molecule has 150 valence electrons. The summed E-state index contributed by atoms with van der Waals surface area (Å²) in [6.07, 6.45) is 2.24. The highest BCUT2D eigenvalue weighted by Gasteiger charge is 2.20. The monoisotopic (exact) mass is 381 g/mol. The van der Waals surface area contributed by atoms with Crippen molar-refractivity contribution < 1.29 is 4.74 Å². The van der Waals surface area contributed by atoms with Gasteiger partial charge in [0.15, 0.2) is 5.96 Å². The fourth-order valence-electron chi connectivity index (χ4n) is 3.41. The molecular weight excluding hydrogens is 350 g/mol. The van der Waals surface area contributed by atoms with Gasteiger partial charge in [0.05, 0.1) is 19.3 Å². The topological polar surface area (TPSA) is 61.8 Å². The summed E-state index contributed by atoms with van der Waals surface area (Å²) >= 11 is 0. The number of aromatic nitrogens is 1. The molecule has 0 aliphatic carbocycles. The number of hydrogen-bond donors (Lipinski definition) is 2. The van der Waals surface area contributed by atoms with E-state index < -0.39 is 0 Å². The van der Waals surface area contributed by atoms with E-state index in [1.165, 1.54) is 5.56 Å². The molecule has 2 aromatic rings. The quantitative estimate of drug-likeness (QED) is 0.570. The Balaban J connectivity index is 1.50. The first-order valence-corrected chi connectivity index (χ1v) is 10.1. The van der Waals surface area contributed by atoms with Crippen LogP contribution < -0.4 is 15.4 Å². The number of rotatable bonds is 7. The number of hydrogen-bond acceptors (Lipinski definition) is 4. The number of guanidine groups is 1. The van der Waals surface area contributed by atoms with E-state index >= 15 is 0 Å². The molecule has 1 saturated heterocycles. The molecule has 2 heterocycles. The lowest BCUT2D eigenvalue weighted by Crippen LogP contribution is -2.48. The minimum atomic E-state index is 0.447. The molecule has 3 rings (SSSR count). The molecule has 1 aromatic carbocycles. The van der Waals surface area contributed by atoms with Gasteiger partial charge in [-0.1, -0.05) is 36.4 Å². The molecule has 6 nitrogen and oxygen atoms in total. The highest BCUT2D eigenvalue weighted by Crippen LogP contribution is 2.14. The summed E-state index contributed by atoms with van der Waals surface area (Å²) < 4.78 is 5.19. The Bertz CT molecular complexity index is 742. The van der Waals surface area contributed by atoms with E-state index in [9.17, 15) is 0 Å². The van der Waals surface area contributed by atoms with Crippen LogP contribution in [0.5, 0.6) is 5.88 Å². The van der Waals surface area contributed by atoms with E-state index in [-0.39, 0.29) is 0 Å². The van der Waals surface area contributed by atoms with Crippen LogP contribution in [-0.4, -0.2) is 48.6 Å². The van der Waals surface area contributed by atoms with Crippen LogP contribution in [0.1, 0.15) is 31.0 Å². The second-order valence-electron chi connectivity index (χ2n) is 7.05. The molecule has 1 aliphatic heterocycles. The van der Waals surface area contributed by atoms with Crippen molar-refractivity contribution in [2.75, 3.05) is 26.7 Å². The van der Waals surface area contributed by atoms with Gasteiger partial charge in [-0.2, -0.15) is 0 Å². The van der Waals surface area contributed by atoms with Crippen molar-refractivity contribution >= 4 is 5.96 Å². The van der Waals surface area contributed by atoms with Crippen LogP contribution in [0.25, 0.3) is 0 Å². The maximum absolute atomic E-state index is 5.19. The lowest BCUT2D eigenvalue weighted by Gasteiger charge is -2.33. The highest BCUT2D eigenvalue weighted by atomic mass is 16.5. The summed E-state index contributed by atoms with van der Waals surface area (Å²) in [6, 6.07) is 16.9. The van der Waals surface area contributed by atoms with E-state index in [0.29, 0.717) is 18.5 Å². The highest BCUT2D eigenvalue weighted by molar-refractivity contribution is 5.80. The van der Waals surface area contributed by atoms with Gasteiger partial charge in [-0.3, -0.25) is 4.90 Å². The minimum absolute atomic E-state index is 0.447. The fourth-order valence-corrected chi connectivity index (χ4v) is 3.41. The number of ether oxygens (including phenoxy) is 1. The molecule has 0 amide bonds. The van der Waals surface area contributed by atoms with Crippen LogP contribution in [0.15, 0.2) is 53.5 Å². The number of piperidine rings is 1. The van der Waals surface area contributed by atoms with Crippen molar-refractivity contribution in [2.24, 2.45) is 4.99 Å². The Morgan fingerprint density at radius 1 is 1.14 bits per heavy atom. The van der Waals surface area contributed by atoms with Crippen LogP contribution >= 0.6 is 0 Å². The van der Waals surface area contributed by atoms with Crippen LogP contribution in [0.3, 0.4) is 0 Å². The summed E-state index contributed by atoms with van der Waals surface area (Å²) in [5.74, 6) is 1.48. The molecule has 1 aliphatic rings. The number of methoxy groups -OCH3 is 1. The first-order valence-electron chi connectivity index (χ1n) is 10.1. The van der Waals surface area contributed by atoms with E-state index in [1.54, 1.807) is 7.11 Å². The van der Waals surface area contributed by atoms with Gasteiger partial charge in [-0.05, 0) is 31.4 Å². The Morgan fingerprint density at radius 2 is 1.93 bits per heavy atom. The zero-order valence-electron chi connectivity index (χ0n) is 16.9. The summed E-state index contributed by atoms with van der Waals surface area (Å²) in [4.78, 5) is 11.7. The van der Waals surface area contributed by atoms with Crippen LogP contribution in [0, 0.1) is 0 Å². The Morgan fingerprint density at radius 3 is 2.64 bits per heavy atom. The standard InChI is InChI=1S/C22H31N5O/c1-3-23-22(24-16-20-10-7-11-21(25-20)28-2)26-19-12-14-27(15-13-19)17-18-8-5-4-6-9-18/h4-11,19H,3,12-17H2,1-2H3,(H2,23,24,26). The van der Waals surface area contributed by atoms with Crippen molar-refractivity contribution in [3.8, 4) is 5.88 Å². The lowest BCUT2D eigenvalue weighted by molar-refractivity contribution is 0.198. The van der Waals surface area contributed by atoms with Gasteiger partial charge in [0.1, 0.15) is 0 Å². The molecule has 0 atom stereocenters. The number of nitrogens with one attached hydrogen (secondary N) is 2. The average Bonchev–Trinajstić information content (AvgIpc) is 2.74. The average molecular weight is 382 g/mol. The molecule has 2 N–H and O–H groups in total. The van der Waals surface area contributed by atoms with E-state index in [1.807, 2.05) is 18.2 Å². The minimum Gasteiger partial charge on any atom is -0.481 e. The molecule has 1 fully saturated rings. The summed E-state index contributed by atoms with van der Waals surface area (Å²) in [7, 11) is 1.63. The number of nitrogens with zero attached hydrogens (tertiary/aromatic N) is 3. The van der Waals surface area contributed by atoms with E-state index in [0.717, 1.165) is 50.7 Å². The van der Waals surface area contributed by atoms with Gasteiger partial charge in [0.25, 0.3) is 0 Å².